The van der Waals surface area contributed by atoms with E-state index < -0.39 is 11.9 Å². The fraction of sp³-hybridized carbons (Fsp3) is 0.286. The van der Waals surface area contributed by atoms with Gasteiger partial charge in [0.25, 0.3) is 5.91 Å². The van der Waals surface area contributed by atoms with E-state index in [4.69, 9.17) is 21.1 Å². The molecule has 1 heterocycles. The molecule has 6 nitrogen and oxygen atoms in total. The molecule has 0 fully saturated rings. The maximum absolute atomic E-state index is 12.6. The van der Waals surface area contributed by atoms with Crippen LogP contribution in [0.25, 0.3) is 6.08 Å². The fourth-order valence-electron chi connectivity index (χ4n) is 2.29. The Morgan fingerprint density at radius 2 is 2.10 bits per heavy atom. The summed E-state index contributed by atoms with van der Waals surface area (Å²) in [5, 5.41) is 14.5. The molecule has 0 atom stereocenters. The Morgan fingerprint density at radius 1 is 1.34 bits per heavy atom. The van der Waals surface area contributed by atoms with Crippen LogP contribution in [0.15, 0.2) is 35.2 Å². The average molecular weight is 433 g/mol. The standard InChI is InChI=1S/C21H21ClN2O4S/c1-4-8-27-18-6-5-16(22)11-14(18)10-15(12-23)19(25)24-20-17(7-9-29-20)21(26)28-13(2)3/h5-7,9-11,13H,4,8H2,1-3H3,(H,24,25). The molecule has 1 amide bonds. The second kappa shape index (κ2) is 10.6. The van der Waals surface area contributed by atoms with Gasteiger partial charge in [-0.1, -0.05) is 18.5 Å². The Hall–Kier alpha value is -2.82. The number of anilines is 1. The maximum atomic E-state index is 12.6. The number of nitrogens with zero attached hydrogens (tertiary/aromatic N) is 1. The number of thiophene rings is 1. The second-order valence-electron chi connectivity index (χ2n) is 6.27. The molecule has 2 aromatic rings. The lowest BCUT2D eigenvalue weighted by Gasteiger charge is -2.10. The van der Waals surface area contributed by atoms with Gasteiger partial charge in [0, 0.05) is 10.6 Å². The molecule has 1 aromatic heterocycles. The first-order chi connectivity index (χ1) is 13.8. The van der Waals surface area contributed by atoms with Gasteiger partial charge in [-0.15, -0.1) is 11.3 Å². The first-order valence-electron chi connectivity index (χ1n) is 8.99. The van der Waals surface area contributed by atoms with Gasteiger partial charge in [-0.3, -0.25) is 4.79 Å². The van der Waals surface area contributed by atoms with E-state index in [2.05, 4.69) is 5.32 Å². The topological polar surface area (TPSA) is 88.4 Å². The molecule has 0 bridgehead atoms. The molecule has 0 radical (unpaired) electrons. The van der Waals surface area contributed by atoms with E-state index in [0.29, 0.717) is 27.9 Å². The molecule has 8 heteroatoms. The van der Waals surface area contributed by atoms with E-state index in [1.807, 2.05) is 13.0 Å². The number of carbonyl (C=O) groups is 2. The molecule has 0 saturated heterocycles. The quantitative estimate of drug-likeness (QED) is 0.347. The molecule has 0 aliphatic heterocycles. The highest BCUT2D eigenvalue weighted by molar-refractivity contribution is 7.14. The minimum Gasteiger partial charge on any atom is -0.493 e. The molecule has 1 N–H and O–H groups in total. The van der Waals surface area contributed by atoms with Gasteiger partial charge in [0.2, 0.25) is 0 Å². The summed E-state index contributed by atoms with van der Waals surface area (Å²) in [6.07, 6.45) is 1.93. The van der Waals surface area contributed by atoms with Crippen LogP contribution in [0.3, 0.4) is 0 Å². The lowest BCUT2D eigenvalue weighted by Crippen LogP contribution is -2.17. The number of halogens is 1. The van der Waals surface area contributed by atoms with Gasteiger partial charge in [0.15, 0.2) is 0 Å². The van der Waals surface area contributed by atoms with Crippen molar-refractivity contribution in [3.63, 3.8) is 0 Å². The summed E-state index contributed by atoms with van der Waals surface area (Å²) in [5.74, 6) is -0.659. The van der Waals surface area contributed by atoms with Crippen LogP contribution in [0, 0.1) is 11.3 Å². The number of benzene rings is 1. The smallest absolute Gasteiger partial charge is 0.341 e. The fourth-order valence-corrected chi connectivity index (χ4v) is 3.25. The zero-order valence-corrected chi connectivity index (χ0v) is 17.9. The maximum Gasteiger partial charge on any atom is 0.341 e. The zero-order valence-electron chi connectivity index (χ0n) is 16.3. The van der Waals surface area contributed by atoms with Crippen molar-refractivity contribution in [2.75, 3.05) is 11.9 Å². The van der Waals surface area contributed by atoms with Gasteiger partial charge < -0.3 is 14.8 Å². The lowest BCUT2D eigenvalue weighted by atomic mass is 10.1. The summed E-state index contributed by atoms with van der Waals surface area (Å²) < 4.78 is 10.8. The predicted molar refractivity (Wildman–Crippen MR) is 114 cm³/mol. The first-order valence-corrected chi connectivity index (χ1v) is 10.3. The van der Waals surface area contributed by atoms with Crippen molar-refractivity contribution >= 4 is 45.9 Å². The highest BCUT2D eigenvalue weighted by Crippen LogP contribution is 2.27. The number of hydrogen-bond donors (Lipinski definition) is 1. The summed E-state index contributed by atoms with van der Waals surface area (Å²) in [7, 11) is 0. The molecule has 0 unspecified atom stereocenters. The number of nitriles is 1. The highest BCUT2D eigenvalue weighted by Gasteiger charge is 2.19. The molecular formula is C21H21ClN2O4S. The zero-order chi connectivity index (χ0) is 21.4. The second-order valence-corrected chi connectivity index (χ2v) is 7.62. The van der Waals surface area contributed by atoms with E-state index >= 15 is 0 Å². The molecular weight excluding hydrogens is 412 g/mol. The third-order valence-electron chi connectivity index (χ3n) is 3.55. The average Bonchev–Trinajstić information content (AvgIpc) is 3.13. The van der Waals surface area contributed by atoms with Crippen LogP contribution in [-0.2, 0) is 9.53 Å². The number of hydrogen-bond acceptors (Lipinski definition) is 6. The SMILES string of the molecule is CCCOc1ccc(Cl)cc1C=C(C#N)C(=O)Nc1sccc1C(=O)OC(C)C. The van der Waals surface area contributed by atoms with E-state index in [1.54, 1.807) is 43.5 Å². The van der Waals surface area contributed by atoms with Crippen LogP contribution in [0.2, 0.25) is 5.02 Å². The molecule has 0 aliphatic carbocycles. The van der Waals surface area contributed by atoms with Crippen molar-refractivity contribution < 1.29 is 19.1 Å². The van der Waals surface area contributed by atoms with E-state index in [9.17, 15) is 14.9 Å². The number of esters is 1. The van der Waals surface area contributed by atoms with Crippen molar-refractivity contribution in [3.05, 3.63) is 51.4 Å². The van der Waals surface area contributed by atoms with Gasteiger partial charge in [-0.05, 0) is 56.0 Å². The van der Waals surface area contributed by atoms with Gasteiger partial charge in [-0.2, -0.15) is 5.26 Å². The van der Waals surface area contributed by atoms with Gasteiger partial charge >= 0.3 is 5.97 Å². The Kier molecular flexibility index (Phi) is 8.25. The normalized spacial score (nSPS) is 11.1. The number of ether oxygens (including phenoxy) is 2. The lowest BCUT2D eigenvalue weighted by molar-refractivity contribution is -0.112. The van der Waals surface area contributed by atoms with E-state index in [1.165, 1.54) is 17.4 Å². The Bertz CT molecular complexity index is 960. The van der Waals surface area contributed by atoms with Crippen LogP contribution in [-0.4, -0.2) is 24.6 Å². The largest absolute Gasteiger partial charge is 0.493 e. The Balaban J connectivity index is 2.27. The predicted octanol–water partition coefficient (Wildman–Crippen LogP) is 5.30. The Morgan fingerprint density at radius 3 is 2.76 bits per heavy atom. The third kappa shape index (κ3) is 6.34. The van der Waals surface area contributed by atoms with Crippen LogP contribution >= 0.6 is 22.9 Å². The minimum absolute atomic E-state index is 0.148. The monoisotopic (exact) mass is 432 g/mol. The van der Waals surface area contributed by atoms with Crippen molar-refractivity contribution in [1.29, 1.82) is 5.26 Å². The van der Waals surface area contributed by atoms with E-state index in [-0.39, 0.29) is 17.2 Å². The number of nitrogens with one attached hydrogen (secondary N) is 1. The number of rotatable bonds is 8. The minimum atomic E-state index is -0.644. The van der Waals surface area contributed by atoms with Crippen molar-refractivity contribution in [2.45, 2.75) is 33.3 Å². The molecule has 0 saturated carbocycles. The van der Waals surface area contributed by atoms with E-state index in [0.717, 1.165) is 6.42 Å². The molecule has 29 heavy (non-hydrogen) atoms. The Labute approximate surface area is 178 Å². The summed E-state index contributed by atoms with van der Waals surface area (Å²) in [6, 6.07) is 8.43. The molecule has 1 aromatic carbocycles. The molecule has 0 aliphatic rings. The van der Waals surface area contributed by atoms with Crippen LogP contribution in [0.4, 0.5) is 5.00 Å². The van der Waals surface area contributed by atoms with Gasteiger partial charge in [0.1, 0.15) is 22.4 Å². The van der Waals surface area contributed by atoms with Crippen LogP contribution < -0.4 is 10.1 Å². The molecule has 152 valence electrons. The van der Waals surface area contributed by atoms with Crippen molar-refractivity contribution in [2.24, 2.45) is 0 Å². The molecule has 2 rings (SSSR count). The highest BCUT2D eigenvalue weighted by atomic mass is 35.5. The molecule has 0 spiro atoms. The summed E-state index contributed by atoms with van der Waals surface area (Å²) >= 11 is 7.22. The van der Waals surface area contributed by atoms with Gasteiger partial charge in [-0.25, -0.2) is 4.79 Å². The third-order valence-corrected chi connectivity index (χ3v) is 4.62. The van der Waals surface area contributed by atoms with Gasteiger partial charge in [0.05, 0.1) is 18.3 Å². The van der Waals surface area contributed by atoms with Crippen LogP contribution in [0.5, 0.6) is 5.75 Å². The number of amides is 1. The van der Waals surface area contributed by atoms with Crippen molar-refractivity contribution in [3.8, 4) is 11.8 Å². The summed E-state index contributed by atoms with van der Waals surface area (Å²) in [5.41, 5.74) is 0.609. The number of carbonyl (C=O) groups excluding carboxylic acids is 2. The summed E-state index contributed by atoms with van der Waals surface area (Å²) in [4.78, 5) is 24.8. The van der Waals surface area contributed by atoms with Crippen molar-refractivity contribution in [1.82, 2.24) is 0 Å². The summed E-state index contributed by atoms with van der Waals surface area (Å²) in [6.45, 7) is 5.94. The van der Waals surface area contributed by atoms with Crippen LogP contribution in [0.1, 0.15) is 43.1 Å². The first kappa shape index (κ1) is 22.5.